The fraction of sp³-hybridized carbons (Fsp3) is 0.500. The molecule has 1 fully saturated rings. The van der Waals surface area contributed by atoms with Gasteiger partial charge in [0.25, 0.3) is 0 Å². The van der Waals surface area contributed by atoms with Gasteiger partial charge in [0, 0.05) is 12.6 Å². The van der Waals surface area contributed by atoms with Gasteiger partial charge in [-0.15, -0.1) is 0 Å². The van der Waals surface area contributed by atoms with Crippen molar-refractivity contribution in [2.75, 3.05) is 7.05 Å². The minimum absolute atomic E-state index is 0.265. The van der Waals surface area contributed by atoms with Gasteiger partial charge in [-0.05, 0) is 43.7 Å². The standard InChI is InChI=1S/C14H17FN2/c1-17(14-4-2-3-5-14)10-12-8-13(15)7-6-11(12)9-16/h6-8,14H,2-5,10H2,1H3. The third-order valence-electron chi connectivity index (χ3n) is 3.56. The number of hydrogen-bond acceptors (Lipinski definition) is 2. The average Bonchev–Trinajstić information content (AvgIpc) is 2.83. The number of hydrogen-bond donors (Lipinski definition) is 0. The number of benzene rings is 1. The Kier molecular flexibility index (Phi) is 3.75. The van der Waals surface area contributed by atoms with E-state index in [1.807, 2.05) is 0 Å². The first-order valence-corrected chi connectivity index (χ1v) is 6.09. The summed E-state index contributed by atoms with van der Waals surface area (Å²) in [6.07, 6.45) is 4.99. The first-order valence-electron chi connectivity index (χ1n) is 6.09. The normalized spacial score (nSPS) is 16.4. The molecule has 1 saturated carbocycles. The van der Waals surface area contributed by atoms with Gasteiger partial charge in [-0.2, -0.15) is 5.26 Å². The van der Waals surface area contributed by atoms with Gasteiger partial charge < -0.3 is 0 Å². The summed E-state index contributed by atoms with van der Waals surface area (Å²) in [6.45, 7) is 0.658. The molecule has 1 aliphatic rings. The molecule has 3 heteroatoms. The third-order valence-corrected chi connectivity index (χ3v) is 3.56. The molecule has 17 heavy (non-hydrogen) atoms. The molecule has 90 valence electrons. The first kappa shape index (κ1) is 12.1. The van der Waals surface area contributed by atoms with E-state index in [1.54, 1.807) is 6.07 Å². The highest BCUT2D eigenvalue weighted by molar-refractivity contribution is 5.37. The average molecular weight is 232 g/mol. The van der Waals surface area contributed by atoms with Crippen molar-refractivity contribution in [1.82, 2.24) is 4.90 Å². The smallest absolute Gasteiger partial charge is 0.123 e. The minimum Gasteiger partial charge on any atom is -0.299 e. The Morgan fingerprint density at radius 1 is 1.41 bits per heavy atom. The summed E-state index contributed by atoms with van der Waals surface area (Å²) >= 11 is 0. The second kappa shape index (κ2) is 5.29. The molecule has 1 aromatic rings. The highest BCUT2D eigenvalue weighted by atomic mass is 19.1. The van der Waals surface area contributed by atoms with E-state index >= 15 is 0 Å². The molecule has 0 amide bonds. The second-order valence-corrected chi connectivity index (χ2v) is 4.77. The van der Waals surface area contributed by atoms with Crippen LogP contribution in [0.3, 0.4) is 0 Å². The van der Waals surface area contributed by atoms with Gasteiger partial charge in [-0.25, -0.2) is 4.39 Å². The van der Waals surface area contributed by atoms with E-state index in [2.05, 4.69) is 18.0 Å². The fourth-order valence-electron chi connectivity index (χ4n) is 2.55. The van der Waals surface area contributed by atoms with Crippen LogP contribution in [-0.4, -0.2) is 18.0 Å². The van der Waals surface area contributed by atoms with Crippen LogP contribution < -0.4 is 0 Å². The maximum Gasteiger partial charge on any atom is 0.123 e. The van der Waals surface area contributed by atoms with Crippen LogP contribution >= 0.6 is 0 Å². The molecule has 0 radical (unpaired) electrons. The summed E-state index contributed by atoms with van der Waals surface area (Å²) in [5.41, 5.74) is 1.37. The maximum atomic E-state index is 13.2. The predicted molar refractivity (Wildman–Crippen MR) is 64.8 cm³/mol. The molecule has 0 aromatic heterocycles. The Balaban J connectivity index is 2.11. The number of halogens is 1. The molecule has 1 aliphatic carbocycles. The molecular formula is C14H17FN2. The van der Waals surface area contributed by atoms with Crippen LogP contribution in [0.5, 0.6) is 0 Å². The summed E-state index contributed by atoms with van der Waals surface area (Å²) in [4.78, 5) is 2.24. The Morgan fingerprint density at radius 2 is 2.12 bits per heavy atom. The molecule has 0 aliphatic heterocycles. The summed E-state index contributed by atoms with van der Waals surface area (Å²) in [5, 5.41) is 9.00. The molecule has 0 saturated heterocycles. The van der Waals surface area contributed by atoms with Crippen LogP contribution in [0.15, 0.2) is 18.2 Å². The zero-order valence-corrected chi connectivity index (χ0v) is 10.1. The van der Waals surface area contributed by atoms with Crippen LogP contribution in [0.25, 0.3) is 0 Å². The van der Waals surface area contributed by atoms with Gasteiger partial charge in [-0.3, -0.25) is 4.90 Å². The molecule has 0 bridgehead atoms. The van der Waals surface area contributed by atoms with Crippen LogP contribution in [0.4, 0.5) is 4.39 Å². The van der Waals surface area contributed by atoms with E-state index < -0.39 is 0 Å². The lowest BCUT2D eigenvalue weighted by Gasteiger charge is -2.24. The van der Waals surface area contributed by atoms with Crippen molar-refractivity contribution in [3.8, 4) is 6.07 Å². The van der Waals surface area contributed by atoms with E-state index in [1.165, 1.54) is 37.8 Å². The van der Waals surface area contributed by atoms with Gasteiger partial charge in [0.2, 0.25) is 0 Å². The van der Waals surface area contributed by atoms with Gasteiger partial charge in [0.05, 0.1) is 11.6 Å². The van der Waals surface area contributed by atoms with E-state index in [9.17, 15) is 4.39 Å². The summed E-state index contributed by atoms with van der Waals surface area (Å²) in [7, 11) is 2.06. The maximum absolute atomic E-state index is 13.2. The molecule has 0 spiro atoms. The molecular weight excluding hydrogens is 215 g/mol. The zero-order valence-electron chi connectivity index (χ0n) is 10.1. The minimum atomic E-state index is -0.265. The predicted octanol–water partition coefficient (Wildman–Crippen LogP) is 3.07. The van der Waals surface area contributed by atoms with E-state index in [-0.39, 0.29) is 5.82 Å². The number of nitrogens with zero attached hydrogens (tertiary/aromatic N) is 2. The first-order chi connectivity index (χ1) is 8.20. The Bertz CT molecular complexity index is 430. The summed E-state index contributed by atoms with van der Waals surface area (Å²) in [5.74, 6) is -0.265. The highest BCUT2D eigenvalue weighted by Crippen LogP contribution is 2.24. The second-order valence-electron chi connectivity index (χ2n) is 4.77. The van der Waals surface area contributed by atoms with Gasteiger partial charge in [-0.1, -0.05) is 12.8 Å². The molecule has 0 atom stereocenters. The Hall–Kier alpha value is -1.40. The van der Waals surface area contributed by atoms with Crippen LogP contribution in [0, 0.1) is 17.1 Å². The van der Waals surface area contributed by atoms with Crippen LogP contribution in [0.2, 0.25) is 0 Å². The van der Waals surface area contributed by atoms with Crippen molar-refractivity contribution in [3.05, 3.63) is 35.1 Å². The molecule has 2 rings (SSSR count). The summed E-state index contributed by atoms with van der Waals surface area (Å²) in [6, 6.07) is 7.10. The largest absolute Gasteiger partial charge is 0.299 e. The Morgan fingerprint density at radius 3 is 2.76 bits per heavy atom. The molecule has 1 aromatic carbocycles. The van der Waals surface area contributed by atoms with E-state index in [4.69, 9.17) is 5.26 Å². The van der Waals surface area contributed by atoms with Crippen molar-refractivity contribution in [3.63, 3.8) is 0 Å². The van der Waals surface area contributed by atoms with Gasteiger partial charge >= 0.3 is 0 Å². The van der Waals surface area contributed by atoms with Crippen molar-refractivity contribution in [2.45, 2.75) is 38.3 Å². The van der Waals surface area contributed by atoms with Crippen molar-refractivity contribution < 1.29 is 4.39 Å². The highest BCUT2D eigenvalue weighted by Gasteiger charge is 2.20. The molecule has 0 unspecified atom stereocenters. The lowest BCUT2D eigenvalue weighted by atomic mass is 10.1. The summed E-state index contributed by atoms with van der Waals surface area (Å²) < 4.78 is 13.2. The fourth-order valence-corrected chi connectivity index (χ4v) is 2.55. The number of rotatable bonds is 3. The van der Waals surface area contributed by atoms with Crippen LogP contribution in [-0.2, 0) is 6.54 Å². The quantitative estimate of drug-likeness (QED) is 0.800. The molecule has 0 N–H and O–H groups in total. The molecule has 0 heterocycles. The van der Waals surface area contributed by atoms with Crippen molar-refractivity contribution >= 4 is 0 Å². The van der Waals surface area contributed by atoms with Gasteiger partial charge in [0.1, 0.15) is 5.82 Å². The monoisotopic (exact) mass is 232 g/mol. The van der Waals surface area contributed by atoms with Crippen LogP contribution in [0.1, 0.15) is 36.8 Å². The van der Waals surface area contributed by atoms with E-state index in [0.29, 0.717) is 18.2 Å². The molecule has 2 nitrogen and oxygen atoms in total. The lowest BCUT2D eigenvalue weighted by Crippen LogP contribution is -2.28. The van der Waals surface area contributed by atoms with Gasteiger partial charge in [0.15, 0.2) is 0 Å². The SMILES string of the molecule is CN(Cc1cc(F)ccc1C#N)C1CCCC1. The Labute approximate surface area is 102 Å². The lowest BCUT2D eigenvalue weighted by molar-refractivity contribution is 0.237. The third kappa shape index (κ3) is 2.83. The van der Waals surface area contributed by atoms with E-state index in [0.717, 1.165) is 5.56 Å². The number of nitriles is 1. The van der Waals surface area contributed by atoms with Crippen molar-refractivity contribution in [1.29, 1.82) is 5.26 Å². The zero-order chi connectivity index (χ0) is 12.3. The van der Waals surface area contributed by atoms with Crippen molar-refractivity contribution in [2.24, 2.45) is 0 Å². The topological polar surface area (TPSA) is 27.0 Å².